The number of amides is 1. The zero-order valence-electron chi connectivity index (χ0n) is 10.2. The van der Waals surface area contributed by atoms with Crippen molar-refractivity contribution in [3.05, 3.63) is 35.9 Å². The lowest BCUT2D eigenvalue weighted by Gasteiger charge is -2.31. The molecule has 1 saturated carbocycles. The fourth-order valence-corrected chi connectivity index (χ4v) is 2.49. The Morgan fingerprint density at radius 3 is 2.68 bits per heavy atom. The van der Waals surface area contributed by atoms with Gasteiger partial charge in [0.1, 0.15) is 24.9 Å². The summed E-state index contributed by atoms with van der Waals surface area (Å²) in [5.41, 5.74) is 0.876. The molecule has 2 fully saturated rings. The summed E-state index contributed by atoms with van der Waals surface area (Å²) in [7, 11) is 0. The summed E-state index contributed by atoms with van der Waals surface area (Å²) in [6.07, 6.45) is -2.62. The third kappa shape index (κ3) is 2.18. The maximum atomic E-state index is 11.8. The molecule has 1 aromatic carbocycles. The molecular weight excluding hydrogens is 250 g/mol. The van der Waals surface area contributed by atoms with E-state index in [-0.39, 0.29) is 6.61 Å². The number of fused-ring (bicyclic) bond motifs is 2. The summed E-state index contributed by atoms with van der Waals surface area (Å²) < 4.78 is 5.12. The number of hydroxylamine groups is 2. The molecule has 1 saturated heterocycles. The number of ether oxygens (including phenoxy) is 1. The number of hydrogen-bond acceptors (Lipinski definition) is 5. The van der Waals surface area contributed by atoms with Crippen molar-refractivity contribution in [2.45, 2.75) is 37.4 Å². The van der Waals surface area contributed by atoms with Crippen LogP contribution in [0.5, 0.6) is 0 Å². The molecule has 2 aliphatic rings. The Labute approximate surface area is 110 Å². The van der Waals surface area contributed by atoms with Gasteiger partial charge in [0.2, 0.25) is 0 Å². The van der Waals surface area contributed by atoms with E-state index in [1.165, 1.54) is 0 Å². The molecule has 0 radical (unpaired) electrons. The van der Waals surface area contributed by atoms with Gasteiger partial charge in [-0.25, -0.2) is 4.79 Å². The number of nitrogens with zero attached hydrogens (tertiary/aromatic N) is 1. The van der Waals surface area contributed by atoms with Gasteiger partial charge in [-0.1, -0.05) is 30.3 Å². The maximum absolute atomic E-state index is 11.8. The minimum Gasteiger partial charge on any atom is -0.443 e. The van der Waals surface area contributed by atoms with Crippen LogP contribution in [0.25, 0.3) is 0 Å². The van der Waals surface area contributed by atoms with E-state index in [1.807, 2.05) is 30.3 Å². The predicted octanol–water partition coefficient (Wildman–Crippen LogP) is 0.433. The number of benzene rings is 1. The van der Waals surface area contributed by atoms with Crippen molar-refractivity contribution < 1.29 is 24.6 Å². The monoisotopic (exact) mass is 265 g/mol. The first kappa shape index (κ1) is 12.4. The highest BCUT2D eigenvalue weighted by atomic mass is 16.8. The lowest BCUT2D eigenvalue weighted by atomic mass is 10.2. The van der Waals surface area contributed by atoms with Crippen LogP contribution in [0.2, 0.25) is 0 Å². The summed E-state index contributed by atoms with van der Waals surface area (Å²) in [5, 5.41) is 20.3. The third-order valence-corrected chi connectivity index (χ3v) is 3.53. The van der Waals surface area contributed by atoms with Gasteiger partial charge in [-0.15, -0.1) is 0 Å². The fraction of sp³-hybridized carbons (Fsp3) is 0.462. The van der Waals surface area contributed by atoms with Crippen LogP contribution in [0.1, 0.15) is 12.0 Å². The Hall–Kier alpha value is -1.63. The summed E-state index contributed by atoms with van der Waals surface area (Å²) in [5.74, 6) is 0. The Morgan fingerprint density at radius 2 is 2.05 bits per heavy atom. The summed E-state index contributed by atoms with van der Waals surface area (Å²) in [4.78, 5) is 17.1. The average molecular weight is 265 g/mol. The van der Waals surface area contributed by atoms with Crippen LogP contribution in [0.4, 0.5) is 4.79 Å². The van der Waals surface area contributed by atoms with Gasteiger partial charge < -0.3 is 14.9 Å². The van der Waals surface area contributed by atoms with Crippen LogP contribution in [0.15, 0.2) is 30.3 Å². The van der Waals surface area contributed by atoms with Gasteiger partial charge in [0.05, 0.1) is 6.04 Å². The van der Waals surface area contributed by atoms with Crippen molar-refractivity contribution in [1.82, 2.24) is 5.06 Å². The Balaban J connectivity index is 1.58. The molecule has 4 unspecified atom stereocenters. The van der Waals surface area contributed by atoms with E-state index < -0.39 is 30.4 Å². The molecule has 2 N–H and O–H groups in total. The van der Waals surface area contributed by atoms with E-state index in [1.54, 1.807) is 0 Å². The second-order valence-corrected chi connectivity index (χ2v) is 4.79. The van der Waals surface area contributed by atoms with E-state index in [0.717, 1.165) is 10.6 Å². The number of aliphatic hydroxyl groups excluding tert-OH is 2. The topological polar surface area (TPSA) is 79.2 Å². The highest BCUT2D eigenvalue weighted by Crippen LogP contribution is 2.36. The Kier molecular flexibility index (Phi) is 3.14. The highest BCUT2D eigenvalue weighted by Gasteiger charge is 2.54. The summed E-state index contributed by atoms with van der Waals surface area (Å²) in [6.45, 7) is 0.148. The zero-order valence-corrected chi connectivity index (χ0v) is 10.2. The molecular formula is C13H15NO5. The van der Waals surface area contributed by atoms with Gasteiger partial charge in [0.15, 0.2) is 0 Å². The molecule has 1 aliphatic carbocycles. The summed E-state index contributed by atoms with van der Waals surface area (Å²) >= 11 is 0. The molecule has 2 bridgehead atoms. The molecule has 1 amide bonds. The number of aliphatic hydroxyl groups is 2. The van der Waals surface area contributed by atoms with Crippen LogP contribution in [0.3, 0.4) is 0 Å². The standard InChI is InChI=1S/C13H15NO5/c15-11-9-6-10(12(11)16)19-14(9)13(17)18-7-8-4-2-1-3-5-8/h1-5,9-12,15-16H,6-7H2. The molecule has 0 aromatic heterocycles. The minimum absolute atomic E-state index is 0.148. The third-order valence-electron chi connectivity index (χ3n) is 3.53. The van der Waals surface area contributed by atoms with Gasteiger partial charge in [0.25, 0.3) is 0 Å². The van der Waals surface area contributed by atoms with E-state index in [9.17, 15) is 15.0 Å². The fourth-order valence-electron chi connectivity index (χ4n) is 2.49. The highest BCUT2D eigenvalue weighted by molar-refractivity contribution is 5.67. The van der Waals surface area contributed by atoms with Crippen LogP contribution in [0, 0.1) is 0 Å². The van der Waals surface area contributed by atoms with Crippen LogP contribution < -0.4 is 0 Å². The van der Waals surface area contributed by atoms with Gasteiger partial charge in [-0.05, 0) is 5.56 Å². The van der Waals surface area contributed by atoms with Crippen molar-refractivity contribution in [2.24, 2.45) is 0 Å². The van der Waals surface area contributed by atoms with Crippen LogP contribution in [-0.2, 0) is 16.2 Å². The number of carbonyl (C=O) groups excluding carboxylic acids is 1. The van der Waals surface area contributed by atoms with E-state index in [0.29, 0.717) is 6.42 Å². The largest absolute Gasteiger partial charge is 0.443 e. The molecule has 6 nitrogen and oxygen atoms in total. The van der Waals surface area contributed by atoms with Crippen molar-refractivity contribution in [3.63, 3.8) is 0 Å². The van der Waals surface area contributed by atoms with Crippen molar-refractivity contribution >= 4 is 6.09 Å². The molecule has 19 heavy (non-hydrogen) atoms. The van der Waals surface area contributed by atoms with E-state index in [4.69, 9.17) is 9.57 Å². The van der Waals surface area contributed by atoms with Crippen molar-refractivity contribution in [3.8, 4) is 0 Å². The van der Waals surface area contributed by atoms with Crippen LogP contribution >= 0.6 is 0 Å². The van der Waals surface area contributed by atoms with Crippen molar-refractivity contribution in [2.75, 3.05) is 0 Å². The quantitative estimate of drug-likeness (QED) is 0.811. The second kappa shape index (κ2) is 4.80. The normalized spacial score (nSPS) is 32.6. The molecule has 6 heteroatoms. The first-order chi connectivity index (χ1) is 9.16. The van der Waals surface area contributed by atoms with Gasteiger partial charge in [-0.3, -0.25) is 4.84 Å². The van der Waals surface area contributed by atoms with Gasteiger partial charge in [-0.2, -0.15) is 5.06 Å². The molecule has 3 rings (SSSR count). The number of carbonyl (C=O) groups is 1. The number of hydrogen-bond donors (Lipinski definition) is 2. The van der Waals surface area contributed by atoms with Gasteiger partial charge in [0, 0.05) is 6.42 Å². The van der Waals surface area contributed by atoms with Crippen LogP contribution in [-0.4, -0.2) is 45.7 Å². The molecule has 0 spiro atoms. The smallest absolute Gasteiger partial charge is 0.434 e. The zero-order chi connectivity index (χ0) is 13.4. The second-order valence-electron chi connectivity index (χ2n) is 4.79. The maximum Gasteiger partial charge on any atom is 0.434 e. The molecule has 4 atom stereocenters. The Morgan fingerprint density at radius 1 is 1.32 bits per heavy atom. The van der Waals surface area contributed by atoms with Gasteiger partial charge >= 0.3 is 6.09 Å². The Bertz CT molecular complexity index is 463. The lowest BCUT2D eigenvalue weighted by Crippen LogP contribution is -2.50. The average Bonchev–Trinajstić information content (AvgIpc) is 2.98. The molecule has 1 aliphatic heterocycles. The van der Waals surface area contributed by atoms with Crippen molar-refractivity contribution in [1.29, 1.82) is 0 Å². The summed E-state index contributed by atoms with van der Waals surface area (Å²) in [6, 6.07) is 8.77. The van der Waals surface area contributed by atoms with E-state index >= 15 is 0 Å². The minimum atomic E-state index is -0.969. The van der Waals surface area contributed by atoms with E-state index in [2.05, 4.69) is 0 Å². The molecule has 1 aromatic rings. The molecule has 1 heterocycles. The molecule has 102 valence electrons. The predicted molar refractivity (Wildman–Crippen MR) is 63.8 cm³/mol. The lowest BCUT2D eigenvalue weighted by molar-refractivity contribution is -0.224. The first-order valence-electron chi connectivity index (χ1n) is 6.19. The first-order valence-corrected chi connectivity index (χ1v) is 6.19. The number of rotatable bonds is 2. The SMILES string of the molecule is O=C(OCc1ccccc1)N1OC2CC1C(O)C2O.